The summed E-state index contributed by atoms with van der Waals surface area (Å²) in [6, 6.07) is 8.18. The summed E-state index contributed by atoms with van der Waals surface area (Å²) in [6.07, 6.45) is 10.5. The Kier molecular flexibility index (Phi) is 10.7. The van der Waals surface area contributed by atoms with Gasteiger partial charge in [0.2, 0.25) is 5.82 Å². The monoisotopic (exact) mass is 584 g/mol. The number of fused-ring (bicyclic) bond motifs is 1. The molecule has 43 heavy (non-hydrogen) atoms. The summed E-state index contributed by atoms with van der Waals surface area (Å²) in [4.78, 5) is 21.8. The number of ether oxygens (including phenoxy) is 1. The number of nitrogens with zero attached hydrogens (tertiary/aromatic N) is 3. The van der Waals surface area contributed by atoms with E-state index in [0.29, 0.717) is 47.0 Å². The second kappa shape index (κ2) is 14.8. The van der Waals surface area contributed by atoms with Crippen molar-refractivity contribution in [3.05, 3.63) is 84.3 Å². The molecule has 0 aliphatic heterocycles. The highest BCUT2D eigenvalue weighted by Gasteiger charge is 2.20. The number of aromatic nitrogens is 3. The Balaban J connectivity index is 1.53. The van der Waals surface area contributed by atoms with Crippen molar-refractivity contribution in [1.29, 1.82) is 5.41 Å². The highest BCUT2D eigenvalue weighted by molar-refractivity contribution is 6.09. The molecule has 2 heterocycles. The van der Waals surface area contributed by atoms with E-state index in [-0.39, 0.29) is 36.7 Å². The van der Waals surface area contributed by atoms with Crippen LogP contribution in [0.4, 0.5) is 20.3 Å². The van der Waals surface area contributed by atoms with Crippen LogP contribution in [0.1, 0.15) is 54.9 Å². The van der Waals surface area contributed by atoms with E-state index in [1.165, 1.54) is 24.5 Å². The lowest BCUT2D eigenvalue weighted by Crippen LogP contribution is -2.10. The van der Waals surface area contributed by atoms with Gasteiger partial charge in [0.1, 0.15) is 6.61 Å². The van der Waals surface area contributed by atoms with Crippen LogP contribution < -0.4 is 15.8 Å². The van der Waals surface area contributed by atoms with Gasteiger partial charge in [0.15, 0.2) is 28.8 Å². The fourth-order valence-corrected chi connectivity index (χ4v) is 4.66. The van der Waals surface area contributed by atoms with Gasteiger partial charge in [0.25, 0.3) is 0 Å². The van der Waals surface area contributed by atoms with E-state index in [1.807, 2.05) is 19.1 Å². The molecule has 8 nitrogen and oxygen atoms in total. The van der Waals surface area contributed by atoms with Gasteiger partial charge in [-0.25, -0.2) is 14.4 Å². The number of ketones is 1. The van der Waals surface area contributed by atoms with Gasteiger partial charge in [0, 0.05) is 41.3 Å². The fourth-order valence-electron chi connectivity index (χ4n) is 4.66. The number of nitrogens with two attached hydrogens (primary N) is 1. The quantitative estimate of drug-likeness (QED) is 0.0502. The lowest BCUT2D eigenvalue weighted by atomic mass is 9.96. The van der Waals surface area contributed by atoms with Crippen LogP contribution in [0.15, 0.2) is 61.6 Å². The van der Waals surface area contributed by atoms with Crippen molar-refractivity contribution < 1.29 is 18.3 Å². The van der Waals surface area contributed by atoms with Gasteiger partial charge in [-0.3, -0.25) is 9.20 Å². The molecule has 2 aromatic heterocycles. The van der Waals surface area contributed by atoms with Crippen molar-refractivity contribution in [3.63, 3.8) is 0 Å². The number of halogens is 2. The van der Waals surface area contributed by atoms with Gasteiger partial charge in [-0.15, -0.1) is 6.58 Å². The Hall–Kier alpha value is -4.88. The number of allylic oxidation sites excluding steroid dienone is 1. The van der Waals surface area contributed by atoms with Crippen LogP contribution in [0, 0.1) is 28.9 Å². The third-order valence-electron chi connectivity index (χ3n) is 6.84. The average Bonchev–Trinajstić information content (AvgIpc) is 3.44. The van der Waals surface area contributed by atoms with E-state index >= 15 is 4.39 Å². The number of aryl methyl sites for hydroxylation is 1. The van der Waals surface area contributed by atoms with Crippen molar-refractivity contribution in [2.45, 2.75) is 45.4 Å². The van der Waals surface area contributed by atoms with Crippen LogP contribution in [0.3, 0.4) is 0 Å². The predicted molar refractivity (Wildman–Crippen MR) is 165 cm³/mol. The molecule has 4 N–H and O–H groups in total. The minimum atomic E-state index is -1.13. The van der Waals surface area contributed by atoms with Crippen LogP contribution in [0.25, 0.3) is 16.9 Å². The normalized spacial score (nSPS) is 10.7. The number of unbranched alkanes of at least 4 members (excludes halogenated alkanes) is 2. The zero-order chi connectivity index (χ0) is 30.8. The van der Waals surface area contributed by atoms with E-state index in [2.05, 4.69) is 33.7 Å². The van der Waals surface area contributed by atoms with E-state index in [4.69, 9.17) is 15.9 Å². The van der Waals surface area contributed by atoms with Gasteiger partial charge < -0.3 is 21.2 Å². The van der Waals surface area contributed by atoms with E-state index in [9.17, 15) is 9.18 Å². The van der Waals surface area contributed by atoms with Gasteiger partial charge in [-0.05, 0) is 68.0 Å². The lowest BCUT2D eigenvalue weighted by molar-refractivity contribution is 0.0999. The number of rotatable bonds is 14. The number of hydrogen-bond donors (Lipinski definition) is 3. The van der Waals surface area contributed by atoms with Crippen LogP contribution >= 0.6 is 0 Å². The molecule has 0 saturated heterocycles. The molecule has 0 radical (unpaired) electrons. The van der Waals surface area contributed by atoms with Gasteiger partial charge >= 0.3 is 0 Å². The molecule has 0 fully saturated rings. The molecule has 0 atom stereocenters. The maximum Gasteiger partial charge on any atom is 0.201 e. The Bertz CT molecular complexity index is 1700. The van der Waals surface area contributed by atoms with Crippen LogP contribution in [-0.2, 0) is 6.42 Å². The van der Waals surface area contributed by atoms with Crippen molar-refractivity contribution in [1.82, 2.24) is 14.4 Å². The molecular formula is C33H34F2N6O2. The third kappa shape index (κ3) is 7.50. The predicted octanol–water partition coefficient (Wildman–Crippen LogP) is 6.66. The summed E-state index contributed by atoms with van der Waals surface area (Å²) in [5.74, 6) is 3.08. The first-order valence-corrected chi connectivity index (χ1v) is 14.1. The van der Waals surface area contributed by atoms with Crippen LogP contribution in [0.5, 0.6) is 5.75 Å². The molecule has 222 valence electrons. The number of carbonyl (C=O) groups excluding carboxylic acids is 1. The number of hydrogen-bond acceptors (Lipinski definition) is 7. The first kappa shape index (κ1) is 31.1. The number of carbonyl (C=O) groups is 1. The SMILES string of the molecule is C=CCCCCC(=N)CC(=O)c1ccc(Nc2nccn3c(-c4ccc(OCC#CCN)c(F)c4F)cnc23)cc1CC. The van der Waals surface area contributed by atoms with Gasteiger partial charge in [-0.1, -0.05) is 24.8 Å². The van der Waals surface area contributed by atoms with Crippen LogP contribution in [0.2, 0.25) is 0 Å². The minimum Gasteiger partial charge on any atom is -0.478 e. The summed E-state index contributed by atoms with van der Waals surface area (Å²) in [5.41, 5.74) is 8.59. The van der Waals surface area contributed by atoms with Gasteiger partial charge in [-0.2, -0.15) is 4.39 Å². The summed E-state index contributed by atoms with van der Waals surface area (Å²) in [7, 11) is 0. The van der Waals surface area contributed by atoms with Crippen molar-refractivity contribution in [2.24, 2.45) is 5.73 Å². The Morgan fingerprint density at radius 2 is 2.02 bits per heavy atom. The summed E-state index contributed by atoms with van der Waals surface area (Å²) >= 11 is 0. The molecule has 0 bridgehead atoms. The van der Waals surface area contributed by atoms with Crippen molar-refractivity contribution >= 4 is 28.6 Å². The second-order valence-corrected chi connectivity index (χ2v) is 9.79. The molecule has 4 aromatic rings. The standard InChI is InChI=1S/C33H34F2N6O2/c1-3-5-6-7-10-23(37)20-28(42)25-12-11-24(19-22(25)4-2)40-32-33-39-21-27(41(33)17-16-38-32)26-13-14-29(31(35)30(26)34)43-18-9-8-15-36/h3,11-14,16-17,19,21,37H,1,4-7,10,15,18,20,36H2,2H3,(H,38,40). The average molecular weight is 585 g/mol. The maximum atomic E-state index is 15.1. The first-order valence-electron chi connectivity index (χ1n) is 14.1. The molecule has 0 saturated carbocycles. The molecule has 10 heteroatoms. The molecule has 0 spiro atoms. The van der Waals surface area contributed by atoms with E-state index in [0.717, 1.165) is 24.8 Å². The topological polar surface area (TPSA) is 118 Å². The molecule has 0 amide bonds. The highest BCUT2D eigenvalue weighted by Crippen LogP contribution is 2.32. The molecule has 0 aliphatic rings. The fraction of sp³-hybridized carbons (Fsp3) is 0.273. The number of anilines is 2. The largest absolute Gasteiger partial charge is 0.478 e. The molecule has 0 unspecified atom stereocenters. The molecule has 4 rings (SSSR count). The maximum absolute atomic E-state index is 15.1. The number of imidazole rings is 1. The summed E-state index contributed by atoms with van der Waals surface area (Å²) in [5, 5.41) is 11.4. The Morgan fingerprint density at radius 3 is 2.79 bits per heavy atom. The Labute approximate surface area is 249 Å². The molecule has 2 aromatic carbocycles. The van der Waals surface area contributed by atoms with Crippen molar-refractivity contribution in [3.8, 4) is 28.8 Å². The van der Waals surface area contributed by atoms with Crippen LogP contribution in [-0.4, -0.2) is 39.0 Å². The molecular weight excluding hydrogens is 550 g/mol. The highest BCUT2D eigenvalue weighted by atomic mass is 19.2. The number of nitrogens with one attached hydrogen (secondary N) is 2. The smallest absolute Gasteiger partial charge is 0.201 e. The molecule has 0 aliphatic carbocycles. The van der Waals surface area contributed by atoms with E-state index < -0.39 is 11.6 Å². The zero-order valence-corrected chi connectivity index (χ0v) is 24.1. The number of benzene rings is 2. The number of Topliss-reactive ketones (excluding diaryl/α,β-unsaturated/α-hetero) is 1. The van der Waals surface area contributed by atoms with Crippen molar-refractivity contribution in [2.75, 3.05) is 18.5 Å². The summed E-state index contributed by atoms with van der Waals surface area (Å²) in [6.45, 7) is 5.71. The van der Waals surface area contributed by atoms with Gasteiger partial charge in [0.05, 0.1) is 18.4 Å². The zero-order valence-electron chi connectivity index (χ0n) is 24.1. The Morgan fingerprint density at radius 1 is 1.19 bits per heavy atom. The third-order valence-corrected chi connectivity index (χ3v) is 6.84. The first-order chi connectivity index (χ1) is 20.9. The summed E-state index contributed by atoms with van der Waals surface area (Å²) < 4.78 is 36.7. The van der Waals surface area contributed by atoms with E-state index in [1.54, 1.807) is 22.7 Å². The lowest BCUT2D eigenvalue weighted by Gasteiger charge is -2.13. The minimum absolute atomic E-state index is 0.00458. The second-order valence-electron chi connectivity index (χ2n) is 9.79.